The van der Waals surface area contributed by atoms with Crippen LogP contribution in [0.15, 0.2) is 42.7 Å². The summed E-state index contributed by atoms with van der Waals surface area (Å²) in [6.45, 7) is 6.92. The minimum atomic E-state index is -0.587. The first-order chi connectivity index (χ1) is 13.0. The number of halogens is 2. The van der Waals surface area contributed by atoms with E-state index in [4.69, 9.17) is 0 Å². The first-order valence-electron chi connectivity index (χ1n) is 9.33. The summed E-state index contributed by atoms with van der Waals surface area (Å²) >= 11 is 0. The van der Waals surface area contributed by atoms with Crippen molar-refractivity contribution in [1.82, 2.24) is 14.8 Å². The molecule has 1 aromatic heterocycles. The average molecular weight is 373 g/mol. The van der Waals surface area contributed by atoms with Gasteiger partial charge in [0.2, 0.25) is 0 Å². The van der Waals surface area contributed by atoms with Crippen molar-refractivity contribution in [2.75, 3.05) is 19.6 Å². The molecule has 1 aromatic carbocycles. The van der Waals surface area contributed by atoms with Gasteiger partial charge in [0.25, 0.3) is 5.91 Å². The minimum absolute atomic E-state index is 0.0690. The molecule has 0 unspecified atom stereocenters. The van der Waals surface area contributed by atoms with Crippen LogP contribution in [0.5, 0.6) is 0 Å². The Morgan fingerprint density at radius 1 is 1.19 bits per heavy atom. The van der Waals surface area contributed by atoms with Gasteiger partial charge in [-0.25, -0.2) is 8.78 Å². The Hall–Kier alpha value is -2.34. The molecule has 4 nitrogen and oxygen atoms in total. The molecule has 27 heavy (non-hydrogen) atoms. The van der Waals surface area contributed by atoms with E-state index >= 15 is 0 Å². The maximum absolute atomic E-state index is 14.0. The molecule has 1 atom stereocenters. The van der Waals surface area contributed by atoms with E-state index in [-0.39, 0.29) is 23.3 Å². The van der Waals surface area contributed by atoms with Gasteiger partial charge in [0.05, 0.1) is 11.8 Å². The normalized spacial score (nSPS) is 18.6. The zero-order valence-corrected chi connectivity index (χ0v) is 15.7. The van der Waals surface area contributed by atoms with Crippen LogP contribution in [-0.2, 0) is 6.54 Å². The van der Waals surface area contributed by atoms with Crippen molar-refractivity contribution in [3.8, 4) is 0 Å². The number of carbonyl (C=O) groups is 1. The van der Waals surface area contributed by atoms with E-state index in [1.54, 1.807) is 17.0 Å². The minimum Gasteiger partial charge on any atom is -0.337 e. The van der Waals surface area contributed by atoms with Gasteiger partial charge in [-0.2, -0.15) is 0 Å². The average Bonchev–Trinajstić information content (AvgIpc) is 2.86. The smallest absolute Gasteiger partial charge is 0.256 e. The standard InChI is InChI=1S/C21H25F2N3O/c1-15(2)20-14-26(21(27)18-8-9-24-12-19(18)23)11-3-10-25(20)13-16-4-6-17(22)7-5-16/h4-9,12,15,20H,3,10-11,13-14H2,1-2H3/t20-/m0/s1. The molecule has 2 aromatic rings. The molecule has 144 valence electrons. The van der Waals surface area contributed by atoms with E-state index < -0.39 is 5.82 Å². The number of pyridine rings is 1. The van der Waals surface area contributed by atoms with E-state index in [1.165, 1.54) is 24.4 Å². The van der Waals surface area contributed by atoms with Crippen molar-refractivity contribution in [2.24, 2.45) is 5.92 Å². The lowest BCUT2D eigenvalue weighted by Gasteiger charge is -2.34. The van der Waals surface area contributed by atoms with E-state index in [0.717, 1.165) is 24.7 Å². The summed E-state index contributed by atoms with van der Waals surface area (Å²) in [4.78, 5) is 20.6. The zero-order valence-electron chi connectivity index (χ0n) is 15.7. The van der Waals surface area contributed by atoms with Crippen LogP contribution in [0, 0.1) is 17.6 Å². The van der Waals surface area contributed by atoms with Crippen LogP contribution in [0.2, 0.25) is 0 Å². The number of hydrogen-bond acceptors (Lipinski definition) is 3. The van der Waals surface area contributed by atoms with Crippen molar-refractivity contribution in [1.29, 1.82) is 0 Å². The van der Waals surface area contributed by atoms with Crippen LogP contribution in [0.3, 0.4) is 0 Å². The summed E-state index contributed by atoms with van der Waals surface area (Å²) in [6.07, 6.45) is 3.32. The molecule has 2 heterocycles. The summed E-state index contributed by atoms with van der Waals surface area (Å²) in [5.74, 6) is -0.799. The topological polar surface area (TPSA) is 36.4 Å². The van der Waals surface area contributed by atoms with Gasteiger partial charge in [-0.05, 0) is 36.1 Å². The van der Waals surface area contributed by atoms with Crippen LogP contribution in [-0.4, -0.2) is 46.4 Å². The molecule has 1 aliphatic heterocycles. The van der Waals surface area contributed by atoms with Crippen LogP contribution in [0.4, 0.5) is 8.78 Å². The van der Waals surface area contributed by atoms with Gasteiger partial charge in [0.15, 0.2) is 5.82 Å². The van der Waals surface area contributed by atoms with Gasteiger partial charge in [-0.15, -0.1) is 0 Å². The molecule has 1 saturated heterocycles. The maximum atomic E-state index is 14.0. The summed E-state index contributed by atoms with van der Waals surface area (Å²) in [5, 5.41) is 0. The van der Waals surface area contributed by atoms with Crippen LogP contribution < -0.4 is 0 Å². The molecule has 1 fully saturated rings. The van der Waals surface area contributed by atoms with Gasteiger partial charge < -0.3 is 4.90 Å². The lowest BCUT2D eigenvalue weighted by atomic mass is 10.0. The number of carbonyl (C=O) groups excluding carboxylic acids is 1. The van der Waals surface area contributed by atoms with Crippen LogP contribution >= 0.6 is 0 Å². The predicted molar refractivity (Wildman–Crippen MR) is 100 cm³/mol. The number of rotatable bonds is 4. The van der Waals surface area contributed by atoms with E-state index in [2.05, 4.69) is 23.7 Å². The summed E-state index contributed by atoms with van der Waals surface area (Å²) in [6, 6.07) is 8.12. The Kier molecular flexibility index (Phi) is 6.16. The Labute approximate surface area is 158 Å². The van der Waals surface area contributed by atoms with Crippen molar-refractivity contribution >= 4 is 5.91 Å². The molecular formula is C21H25F2N3O. The molecular weight excluding hydrogens is 348 g/mol. The van der Waals surface area contributed by atoms with Gasteiger partial charge in [-0.1, -0.05) is 26.0 Å². The molecule has 0 spiro atoms. The summed E-state index contributed by atoms with van der Waals surface area (Å²) in [7, 11) is 0. The van der Waals surface area contributed by atoms with E-state index in [1.807, 2.05) is 0 Å². The fourth-order valence-electron chi connectivity index (χ4n) is 3.62. The number of hydrogen-bond donors (Lipinski definition) is 0. The number of benzene rings is 1. The highest BCUT2D eigenvalue weighted by atomic mass is 19.1. The number of amides is 1. The highest BCUT2D eigenvalue weighted by Gasteiger charge is 2.30. The Bertz CT molecular complexity index is 779. The third-order valence-corrected chi connectivity index (χ3v) is 5.11. The zero-order chi connectivity index (χ0) is 19.4. The maximum Gasteiger partial charge on any atom is 0.256 e. The first-order valence-corrected chi connectivity index (χ1v) is 9.33. The van der Waals surface area contributed by atoms with Crippen molar-refractivity contribution in [3.05, 3.63) is 65.5 Å². The molecule has 6 heteroatoms. The predicted octanol–water partition coefficient (Wildman–Crippen LogP) is 3.73. The van der Waals surface area contributed by atoms with Crippen molar-refractivity contribution < 1.29 is 13.6 Å². The van der Waals surface area contributed by atoms with Crippen LogP contribution in [0.1, 0.15) is 36.2 Å². The molecule has 1 amide bonds. The monoisotopic (exact) mass is 373 g/mol. The SMILES string of the molecule is CC(C)[C@@H]1CN(C(=O)c2ccncc2F)CCCN1Cc1ccc(F)cc1. The second kappa shape index (κ2) is 8.57. The van der Waals surface area contributed by atoms with E-state index in [0.29, 0.717) is 25.6 Å². The highest BCUT2D eigenvalue weighted by molar-refractivity contribution is 5.94. The van der Waals surface area contributed by atoms with Gasteiger partial charge >= 0.3 is 0 Å². The fourth-order valence-corrected chi connectivity index (χ4v) is 3.62. The Morgan fingerprint density at radius 2 is 1.93 bits per heavy atom. The van der Waals surface area contributed by atoms with Gasteiger partial charge in [0.1, 0.15) is 5.82 Å². The fraction of sp³-hybridized carbons (Fsp3) is 0.429. The first kappa shape index (κ1) is 19.4. The second-order valence-corrected chi connectivity index (χ2v) is 7.37. The van der Waals surface area contributed by atoms with Crippen molar-refractivity contribution in [3.63, 3.8) is 0 Å². The highest BCUT2D eigenvalue weighted by Crippen LogP contribution is 2.22. The molecule has 0 saturated carbocycles. The van der Waals surface area contributed by atoms with E-state index in [9.17, 15) is 13.6 Å². The molecule has 3 rings (SSSR count). The Morgan fingerprint density at radius 3 is 2.59 bits per heavy atom. The third-order valence-electron chi connectivity index (χ3n) is 5.11. The molecule has 0 N–H and O–H groups in total. The van der Waals surface area contributed by atoms with Gasteiger partial charge in [0, 0.05) is 38.4 Å². The molecule has 0 aliphatic carbocycles. The largest absolute Gasteiger partial charge is 0.337 e. The molecule has 0 bridgehead atoms. The summed E-state index contributed by atoms with van der Waals surface area (Å²) in [5.41, 5.74) is 1.11. The Balaban J connectivity index is 1.77. The third kappa shape index (κ3) is 4.69. The van der Waals surface area contributed by atoms with Crippen LogP contribution in [0.25, 0.3) is 0 Å². The van der Waals surface area contributed by atoms with Crippen molar-refractivity contribution in [2.45, 2.75) is 32.9 Å². The van der Waals surface area contributed by atoms with Gasteiger partial charge in [-0.3, -0.25) is 14.7 Å². The summed E-state index contributed by atoms with van der Waals surface area (Å²) < 4.78 is 27.2. The lowest BCUT2D eigenvalue weighted by Crippen LogP contribution is -2.45. The molecule has 1 aliphatic rings. The molecule has 0 radical (unpaired) electrons. The number of nitrogens with zero attached hydrogens (tertiary/aromatic N) is 3. The lowest BCUT2D eigenvalue weighted by molar-refractivity contribution is 0.0697. The second-order valence-electron chi connectivity index (χ2n) is 7.37. The number of aromatic nitrogens is 1. The quantitative estimate of drug-likeness (QED) is 0.819.